The van der Waals surface area contributed by atoms with E-state index < -0.39 is 10.0 Å². The van der Waals surface area contributed by atoms with Crippen LogP contribution < -0.4 is 9.47 Å². The maximum atomic E-state index is 13.0. The number of piperidine rings is 1. The zero-order chi connectivity index (χ0) is 22.4. The molecule has 0 N–H and O–H groups in total. The van der Waals surface area contributed by atoms with Crippen LogP contribution in [0.25, 0.3) is 0 Å². The molecule has 1 saturated heterocycles. The quantitative estimate of drug-likeness (QED) is 0.610. The van der Waals surface area contributed by atoms with E-state index in [1.54, 1.807) is 30.9 Å². The van der Waals surface area contributed by atoms with Crippen LogP contribution in [0.4, 0.5) is 0 Å². The first kappa shape index (κ1) is 23.0. The topological polar surface area (TPSA) is 102 Å². The summed E-state index contributed by atoms with van der Waals surface area (Å²) in [4.78, 5) is 23.1. The van der Waals surface area contributed by atoms with Crippen LogP contribution in [-0.2, 0) is 10.0 Å². The molecule has 1 fully saturated rings. The van der Waals surface area contributed by atoms with Gasteiger partial charge in [0.2, 0.25) is 21.8 Å². The molecule has 0 aliphatic carbocycles. The summed E-state index contributed by atoms with van der Waals surface area (Å²) in [5, 5.41) is 0. The second kappa shape index (κ2) is 10.1. The molecule has 1 aliphatic rings. The number of aromatic nitrogens is 2. The lowest BCUT2D eigenvalue weighted by atomic mass is 10.1. The Labute approximate surface area is 183 Å². The Hall–Kier alpha value is -2.72. The van der Waals surface area contributed by atoms with Crippen LogP contribution in [0.2, 0.25) is 0 Å². The van der Waals surface area contributed by atoms with Gasteiger partial charge in [-0.3, -0.25) is 9.78 Å². The number of amides is 1. The minimum Gasteiger partial charge on any atom is -0.480 e. The average Bonchev–Trinajstić information content (AvgIpc) is 2.79. The van der Waals surface area contributed by atoms with Crippen LogP contribution in [0.3, 0.4) is 0 Å². The van der Waals surface area contributed by atoms with Gasteiger partial charge in [0.1, 0.15) is 6.10 Å². The number of likely N-dealkylation sites (tertiary alicyclic amines) is 1. The van der Waals surface area contributed by atoms with E-state index in [9.17, 15) is 13.2 Å². The Balaban J connectivity index is 1.68. The summed E-state index contributed by atoms with van der Waals surface area (Å²) in [5.41, 5.74) is 0.445. The van der Waals surface area contributed by atoms with Crippen LogP contribution in [0.5, 0.6) is 11.8 Å². The molecule has 10 heteroatoms. The molecular formula is C21H28N4O5S. The summed E-state index contributed by atoms with van der Waals surface area (Å²) >= 11 is 0. The highest BCUT2D eigenvalue weighted by atomic mass is 32.2. The number of carbonyl (C=O) groups excluding carboxylic acids is 1. The number of methoxy groups -OCH3 is 1. The minimum absolute atomic E-state index is 0.156. The Morgan fingerprint density at radius 2 is 1.84 bits per heavy atom. The molecule has 0 bridgehead atoms. The first-order chi connectivity index (χ1) is 14.9. The normalized spacial score (nSPS) is 16.9. The highest BCUT2D eigenvalue weighted by Gasteiger charge is 2.27. The van der Waals surface area contributed by atoms with E-state index in [0.717, 1.165) is 12.8 Å². The van der Waals surface area contributed by atoms with Crippen molar-refractivity contribution in [3.05, 3.63) is 42.2 Å². The lowest BCUT2D eigenvalue weighted by Crippen LogP contribution is -2.44. The molecule has 3 rings (SSSR count). The lowest BCUT2D eigenvalue weighted by molar-refractivity contribution is 0.0525. The maximum absolute atomic E-state index is 13.0. The zero-order valence-corrected chi connectivity index (χ0v) is 18.8. The molecule has 168 valence electrons. The van der Waals surface area contributed by atoms with Crippen molar-refractivity contribution in [1.82, 2.24) is 19.2 Å². The molecule has 0 saturated carbocycles. The van der Waals surface area contributed by atoms with Crippen molar-refractivity contribution >= 4 is 15.9 Å². The van der Waals surface area contributed by atoms with Crippen molar-refractivity contribution in [1.29, 1.82) is 0 Å². The summed E-state index contributed by atoms with van der Waals surface area (Å²) in [6.45, 7) is 5.41. The zero-order valence-electron chi connectivity index (χ0n) is 18.0. The molecule has 2 heterocycles. The summed E-state index contributed by atoms with van der Waals surface area (Å²) in [5.74, 6) is 0.558. The molecule has 31 heavy (non-hydrogen) atoms. The molecule has 9 nitrogen and oxygen atoms in total. The first-order valence-electron chi connectivity index (χ1n) is 10.3. The standard InChI is InChI=1S/C21H28N4O5S/c1-4-25(5-2)31(27,28)18-10-8-16(9-11-18)21(26)24-12-6-7-17(15-24)30-20-14-22-13-19(23-20)29-3/h8-11,13-14,17H,4-7,12,15H2,1-3H3. The van der Waals surface area contributed by atoms with Gasteiger partial charge < -0.3 is 14.4 Å². The van der Waals surface area contributed by atoms with Gasteiger partial charge in [-0.25, -0.2) is 8.42 Å². The molecule has 0 spiro atoms. The van der Waals surface area contributed by atoms with E-state index in [2.05, 4.69) is 9.97 Å². The second-order valence-corrected chi connectivity index (χ2v) is 9.08. The second-order valence-electron chi connectivity index (χ2n) is 7.15. The molecule has 1 amide bonds. The van der Waals surface area contributed by atoms with Crippen molar-refractivity contribution in [3.8, 4) is 11.8 Å². The smallest absolute Gasteiger partial charge is 0.253 e. The Kier molecular flexibility index (Phi) is 7.45. The molecule has 2 aromatic rings. The largest absolute Gasteiger partial charge is 0.480 e. The number of hydrogen-bond donors (Lipinski definition) is 0. The van der Waals surface area contributed by atoms with E-state index in [-0.39, 0.29) is 16.9 Å². The molecule has 1 atom stereocenters. The van der Waals surface area contributed by atoms with Gasteiger partial charge in [-0.05, 0) is 37.1 Å². The van der Waals surface area contributed by atoms with Gasteiger partial charge in [-0.15, -0.1) is 0 Å². The van der Waals surface area contributed by atoms with Gasteiger partial charge in [0.25, 0.3) is 5.91 Å². The molecule has 1 aliphatic heterocycles. The van der Waals surface area contributed by atoms with E-state index in [4.69, 9.17) is 9.47 Å². The van der Waals surface area contributed by atoms with E-state index >= 15 is 0 Å². The third-order valence-electron chi connectivity index (χ3n) is 5.20. The van der Waals surface area contributed by atoms with E-state index in [0.29, 0.717) is 43.5 Å². The van der Waals surface area contributed by atoms with Crippen LogP contribution >= 0.6 is 0 Å². The number of hydrogen-bond acceptors (Lipinski definition) is 7. The van der Waals surface area contributed by atoms with Gasteiger partial charge in [0.05, 0.1) is 30.9 Å². The summed E-state index contributed by atoms with van der Waals surface area (Å²) in [6, 6.07) is 6.11. The summed E-state index contributed by atoms with van der Waals surface area (Å²) in [6.07, 6.45) is 4.39. The van der Waals surface area contributed by atoms with Gasteiger partial charge in [-0.2, -0.15) is 9.29 Å². The highest BCUT2D eigenvalue weighted by Crippen LogP contribution is 2.21. The molecule has 1 aromatic carbocycles. The number of benzene rings is 1. The fraction of sp³-hybridized carbons (Fsp3) is 0.476. The molecule has 0 radical (unpaired) electrons. The predicted octanol–water partition coefficient (Wildman–Crippen LogP) is 2.20. The third kappa shape index (κ3) is 5.31. The third-order valence-corrected chi connectivity index (χ3v) is 7.26. The van der Waals surface area contributed by atoms with Crippen LogP contribution in [0.1, 0.15) is 37.0 Å². The SMILES string of the molecule is CCN(CC)S(=O)(=O)c1ccc(C(=O)N2CCCC(Oc3cncc(OC)n3)C2)cc1. The lowest BCUT2D eigenvalue weighted by Gasteiger charge is -2.32. The van der Waals surface area contributed by atoms with Gasteiger partial charge in [-0.1, -0.05) is 13.8 Å². The number of rotatable bonds is 8. The van der Waals surface area contributed by atoms with Crippen LogP contribution in [0, 0.1) is 0 Å². The van der Waals surface area contributed by atoms with Crippen molar-refractivity contribution in [2.75, 3.05) is 33.3 Å². The molecular weight excluding hydrogens is 420 g/mol. The van der Waals surface area contributed by atoms with Crippen LogP contribution in [0.15, 0.2) is 41.6 Å². The summed E-state index contributed by atoms with van der Waals surface area (Å²) < 4.78 is 37.6. The highest BCUT2D eigenvalue weighted by molar-refractivity contribution is 7.89. The maximum Gasteiger partial charge on any atom is 0.253 e. The number of sulfonamides is 1. The minimum atomic E-state index is -3.55. The van der Waals surface area contributed by atoms with E-state index in [1.807, 2.05) is 0 Å². The van der Waals surface area contributed by atoms with Crippen LogP contribution in [-0.4, -0.2) is 72.9 Å². The predicted molar refractivity (Wildman–Crippen MR) is 115 cm³/mol. The fourth-order valence-corrected chi connectivity index (χ4v) is 5.00. The monoisotopic (exact) mass is 448 g/mol. The van der Waals surface area contributed by atoms with Crippen molar-refractivity contribution < 1.29 is 22.7 Å². The molecule has 1 aromatic heterocycles. The molecule has 1 unspecified atom stereocenters. The number of ether oxygens (including phenoxy) is 2. The Morgan fingerprint density at radius 3 is 2.48 bits per heavy atom. The Morgan fingerprint density at radius 1 is 1.16 bits per heavy atom. The van der Waals surface area contributed by atoms with Gasteiger partial charge >= 0.3 is 0 Å². The Bertz CT molecular complexity index is 993. The van der Waals surface area contributed by atoms with Gasteiger partial charge in [0, 0.05) is 25.2 Å². The van der Waals surface area contributed by atoms with Gasteiger partial charge in [0.15, 0.2) is 0 Å². The fourth-order valence-electron chi connectivity index (χ4n) is 3.54. The van der Waals surface area contributed by atoms with Crippen molar-refractivity contribution in [2.45, 2.75) is 37.7 Å². The summed E-state index contributed by atoms with van der Waals surface area (Å²) in [7, 11) is -2.05. The average molecular weight is 449 g/mol. The number of nitrogens with zero attached hydrogens (tertiary/aromatic N) is 4. The first-order valence-corrected chi connectivity index (χ1v) is 11.7. The van der Waals surface area contributed by atoms with Crippen molar-refractivity contribution in [3.63, 3.8) is 0 Å². The van der Waals surface area contributed by atoms with E-state index in [1.165, 1.54) is 35.9 Å². The number of carbonyl (C=O) groups is 1. The van der Waals surface area contributed by atoms with Crippen molar-refractivity contribution in [2.24, 2.45) is 0 Å².